The van der Waals surface area contributed by atoms with Gasteiger partial charge in [0.2, 0.25) is 15.9 Å². The summed E-state index contributed by atoms with van der Waals surface area (Å²) in [5.41, 5.74) is 5.58. The molecule has 8 nitrogen and oxygen atoms in total. The zero-order chi connectivity index (χ0) is 15.3. The molecule has 0 spiro atoms. The summed E-state index contributed by atoms with van der Waals surface area (Å²) >= 11 is 0. The van der Waals surface area contributed by atoms with Crippen molar-refractivity contribution in [1.29, 1.82) is 0 Å². The summed E-state index contributed by atoms with van der Waals surface area (Å²) in [6.07, 6.45) is 3.00. The van der Waals surface area contributed by atoms with Gasteiger partial charge in [-0.3, -0.25) is 9.59 Å². The molecule has 116 valence electrons. The maximum atomic E-state index is 12.1. The average molecular weight is 307 g/mol. The number of piperidine rings is 1. The van der Waals surface area contributed by atoms with Crippen molar-refractivity contribution < 1.29 is 23.1 Å². The van der Waals surface area contributed by atoms with Gasteiger partial charge in [0.05, 0.1) is 18.7 Å². The van der Waals surface area contributed by atoms with E-state index in [1.165, 1.54) is 4.90 Å². The number of rotatable bonds is 6. The highest BCUT2D eigenvalue weighted by Gasteiger charge is 2.31. The number of likely N-dealkylation sites (tertiary alicyclic amines) is 1. The minimum atomic E-state index is -3.33. The Hall–Kier alpha value is -1.19. The van der Waals surface area contributed by atoms with Crippen LogP contribution in [0, 0.1) is 0 Å². The molecule has 20 heavy (non-hydrogen) atoms. The van der Waals surface area contributed by atoms with Crippen LogP contribution < -0.4 is 10.5 Å². The van der Waals surface area contributed by atoms with Crippen LogP contribution in [0.5, 0.6) is 0 Å². The molecule has 0 aromatic heterocycles. The van der Waals surface area contributed by atoms with E-state index in [1.54, 1.807) is 0 Å². The summed E-state index contributed by atoms with van der Waals surface area (Å²) in [4.78, 5) is 24.2. The molecule has 2 atom stereocenters. The average Bonchev–Trinajstić information content (AvgIpc) is 2.34. The number of nitrogens with two attached hydrogens (primary N) is 1. The molecule has 2 unspecified atom stereocenters. The second kappa shape index (κ2) is 7.00. The monoisotopic (exact) mass is 307 g/mol. The minimum Gasteiger partial charge on any atom is -0.481 e. The molecule has 1 fully saturated rings. The third-order valence-electron chi connectivity index (χ3n) is 3.20. The minimum absolute atomic E-state index is 0.129. The Labute approximate surface area is 118 Å². The molecule has 0 aromatic rings. The molecule has 0 radical (unpaired) electrons. The van der Waals surface area contributed by atoms with Gasteiger partial charge in [0.1, 0.15) is 0 Å². The van der Waals surface area contributed by atoms with Crippen LogP contribution in [0.3, 0.4) is 0 Å². The zero-order valence-electron chi connectivity index (χ0n) is 11.4. The van der Waals surface area contributed by atoms with Crippen molar-refractivity contribution >= 4 is 21.9 Å². The number of carbonyl (C=O) groups excluding carboxylic acids is 1. The smallest absolute Gasteiger partial charge is 0.305 e. The van der Waals surface area contributed by atoms with Gasteiger partial charge in [-0.25, -0.2) is 13.1 Å². The van der Waals surface area contributed by atoms with Crippen molar-refractivity contribution in [2.24, 2.45) is 5.73 Å². The molecule has 0 aliphatic carbocycles. The molecular weight excluding hydrogens is 286 g/mol. The Balaban J connectivity index is 2.68. The standard InChI is InChI=1S/C11H21N3O5S/c1-20(18,19)13-7-8-4-2-3-5-14(8)11(17)9(12)6-10(15)16/h8-9,13H,2-7,12H2,1H3,(H,15,16). The first kappa shape index (κ1) is 16.9. The first-order valence-corrected chi connectivity index (χ1v) is 8.32. The molecular formula is C11H21N3O5S. The van der Waals surface area contributed by atoms with Gasteiger partial charge in [-0.1, -0.05) is 0 Å². The van der Waals surface area contributed by atoms with Gasteiger partial charge >= 0.3 is 5.97 Å². The van der Waals surface area contributed by atoms with Crippen molar-refractivity contribution in [3.8, 4) is 0 Å². The van der Waals surface area contributed by atoms with E-state index in [1.807, 2.05) is 0 Å². The van der Waals surface area contributed by atoms with Gasteiger partial charge in [-0.2, -0.15) is 0 Å². The predicted octanol–water partition coefficient (Wildman–Crippen LogP) is -1.28. The van der Waals surface area contributed by atoms with Gasteiger partial charge in [-0.15, -0.1) is 0 Å². The lowest BCUT2D eigenvalue weighted by atomic mass is 10.0. The van der Waals surface area contributed by atoms with Crippen molar-refractivity contribution in [2.45, 2.75) is 37.8 Å². The van der Waals surface area contributed by atoms with Crippen LogP contribution in [0.15, 0.2) is 0 Å². The summed E-state index contributed by atoms with van der Waals surface area (Å²) < 4.78 is 24.6. The molecule has 0 bridgehead atoms. The second-order valence-electron chi connectivity index (χ2n) is 5.01. The zero-order valence-corrected chi connectivity index (χ0v) is 12.2. The molecule has 1 heterocycles. The van der Waals surface area contributed by atoms with Crippen LogP contribution in [0.25, 0.3) is 0 Å². The highest BCUT2D eigenvalue weighted by molar-refractivity contribution is 7.88. The molecule has 9 heteroatoms. The van der Waals surface area contributed by atoms with Gasteiger partial charge in [-0.05, 0) is 19.3 Å². The summed E-state index contributed by atoms with van der Waals surface area (Å²) in [7, 11) is -3.33. The van der Waals surface area contributed by atoms with Crippen LogP contribution in [-0.2, 0) is 19.6 Å². The van der Waals surface area contributed by atoms with Gasteiger partial charge in [0, 0.05) is 19.1 Å². The largest absolute Gasteiger partial charge is 0.481 e. The SMILES string of the molecule is CS(=O)(=O)NCC1CCCCN1C(=O)C(N)CC(=O)O. The van der Waals surface area contributed by atoms with Crippen molar-refractivity contribution in [3.63, 3.8) is 0 Å². The summed E-state index contributed by atoms with van der Waals surface area (Å²) in [5, 5.41) is 8.66. The number of carbonyl (C=O) groups is 2. The van der Waals surface area contributed by atoms with Gasteiger partial charge in [0.15, 0.2) is 0 Å². The Morgan fingerprint density at radius 2 is 2.10 bits per heavy atom. The molecule has 0 aromatic carbocycles. The Bertz CT molecular complexity index is 465. The van der Waals surface area contributed by atoms with E-state index in [0.29, 0.717) is 13.0 Å². The maximum absolute atomic E-state index is 12.1. The first-order chi connectivity index (χ1) is 9.20. The number of carboxylic acid groups (broad SMARTS) is 1. The molecule has 1 amide bonds. The van der Waals surface area contributed by atoms with Crippen LogP contribution in [0.4, 0.5) is 0 Å². The third kappa shape index (κ3) is 5.43. The summed E-state index contributed by atoms with van der Waals surface area (Å²) in [6.45, 7) is 0.604. The first-order valence-electron chi connectivity index (χ1n) is 6.43. The normalized spacial score (nSPS) is 21.5. The number of nitrogens with zero attached hydrogens (tertiary/aromatic N) is 1. The quantitative estimate of drug-likeness (QED) is 0.560. The number of amides is 1. The summed E-state index contributed by atoms with van der Waals surface area (Å²) in [6, 6.07) is -1.36. The highest BCUT2D eigenvalue weighted by atomic mass is 32.2. The molecule has 1 aliphatic rings. The molecule has 0 saturated carbocycles. The van der Waals surface area contributed by atoms with Crippen molar-refractivity contribution in [2.75, 3.05) is 19.3 Å². The Kier molecular flexibility index (Phi) is 5.90. The lowest BCUT2D eigenvalue weighted by molar-refractivity contribution is -0.143. The summed E-state index contributed by atoms with van der Waals surface area (Å²) in [5.74, 6) is -1.57. The van der Waals surface area contributed by atoms with E-state index >= 15 is 0 Å². The lowest BCUT2D eigenvalue weighted by Gasteiger charge is -2.37. The maximum Gasteiger partial charge on any atom is 0.305 e. The number of hydrogen-bond donors (Lipinski definition) is 3. The molecule has 4 N–H and O–H groups in total. The van der Waals surface area contributed by atoms with Gasteiger partial charge < -0.3 is 15.7 Å². The highest BCUT2D eigenvalue weighted by Crippen LogP contribution is 2.18. The fourth-order valence-electron chi connectivity index (χ4n) is 2.24. The topological polar surface area (TPSA) is 130 Å². The number of nitrogens with one attached hydrogen (secondary N) is 1. The lowest BCUT2D eigenvalue weighted by Crippen LogP contribution is -2.54. The number of sulfonamides is 1. The van der Waals surface area contributed by atoms with E-state index < -0.39 is 34.4 Å². The third-order valence-corrected chi connectivity index (χ3v) is 3.89. The fraction of sp³-hybridized carbons (Fsp3) is 0.818. The predicted molar refractivity (Wildman–Crippen MR) is 72.4 cm³/mol. The molecule has 1 rings (SSSR count). The van der Waals surface area contributed by atoms with Crippen LogP contribution in [-0.4, -0.2) is 61.7 Å². The van der Waals surface area contributed by atoms with Crippen LogP contribution >= 0.6 is 0 Å². The van der Waals surface area contributed by atoms with E-state index in [-0.39, 0.29) is 12.6 Å². The van der Waals surface area contributed by atoms with Crippen molar-refractivity contribution in [1.82, 2.24) is 9.62 Å². The number of hydrogen-bond acceptors (Lipinski definition) is 5. The Morgan fingerprint density at radius 1 is 1.45 bits per heavy atom. The van der Waals surface area contributed by atoms with Crippen molar-refractivity contribution in [3.05, 3.63) is 0 Å². The second-order valence-corrected chi connectivity index (χ2v) is 6.84. The van der Waals surface area contributed by atoms with E-state index in [0.717, 1.165) is 19.1 Å². The van der Waals surface area contributed by atoms with E-state index in [9.17, 15) is 18.0 Å². The van der Waals surface area contributed by atoms with Gasteiger partial charge in [0.25, 0.3) is 0 Å². The van der Waals surface area contributed by atoms with E-state index in [2.05, 4.69) is 4.72 Å². The van der Waals surface area contributed by atoms with Crippen LogP contribution in [0.2, 0.25) is 0 Å². The molecule has 1 aliphatic heterocycles. The number of aliphatic carboxylic acids is 1. The van der Waals surface area contributed by atoms with E-state index in [4.69, 9.17) is 10.8 Å². The number of carboxylic acids is 1. The fourth-order valence-corrected chi connectivity index (χ4v) is 2.73. The molecule has 1 saturated heterocycles. The Morgan fingerprint density at radius 3 is 2.65 bits per heavy atom. The van der Waals surface area contributed by atoms with Crippen LogP contribution in [0.1, 0.15) is 25.7 Å².